The van der Waals surface area contributed by atoms with Gasteiger partial charge in [0.2, 0.25) is 5.28 Å². The van der Waals surface area contributed by atoms with Gasteiger partial charge in [0.15, 0.2) is 5.82 Å². The molecule has 0 radical (unpaired) electrons. The van der Waals surface area contributed by atoms with Gasteiger partial charge in [0.25, 0.3) is 0 Å². The molecule has 0 unspecified atom stereocenters. The van der Waals surface area contributed by atoms with Crippen LogP contribution in [0, 0.1) is 0 Å². The highest BCUT2D eigenvalue weighted by atomic mass is 35.5. The van der Waals surface area contributed by atoms with Crippen molar-refractivity contribution in [2.45, 2.75) is 13.3 Å². The molecule has 3 aromatic rings. The molecule has 1 aromatic carbocycles. The van der Waals surface area contributed by atoms with Crippen molar-refractivity contribution in [2.75, 3.05) is 6.61 Å². The van der Waals surface area contributed by atoms with Crippen LogP contribution in [0.1, 0.15) is 23.7 Å². The summed E-state index contributed by atoms with van der Waals surface area (Å²) in [6, 6.07) is 9.77. The van der Waals surface area contributed by atoms with Gasteiger partial charge in [-0.25, -0.2) is 9.78 Å². The molecule has 5 nitrogen and oxygen atoms in total. The third-order valence-corrected chi connectivity index (χ3v) is 3.41. The fourth-order valence-corrected chi connectivity index (χ4v) is 2.35. The van der Waals surface area contributed by atoms with Crippen LogP contribution in [0.5, 0.6) is 0 Å². The highest BCUT2D eigenvalue weighted by Crippen LogP contribution is 2.22. The molecule has 0 fully saturated rings. The number of rotatable bonds is 4. The van der Waals surface area contributed by atoms with Crippen molar-refractivity contribution in [1.29, 1.82) is 0 Å². The van der Waals surface area contributed by atoms with Gasteiger partial charge < -0.3 is 9.30 Å². The van der Waals surface area contributed by atoms with Crippen molar-refractivity contribution in [2.24, 2.45) is 0 Å². The Bertz CT molecular complexity index is 829. The average molecular weight is 316 g/mol. The van der Waals surface area contributed by atoms with Crippen molar-refractivity contribution in [3.05, 3.63) is 53.6 Å². The molecule has 0 aliphatic carbocycles. The van der Waals surface area contributed by atoms with Gasteiger partial charge in [-0.1, -0.05) is 25.1 Å². The number of carbonyl (C=O) groups excluding carboxylic acids is 1. The Kier molecular flexibility index (Phi) is 4.06. The maximum absolute atomic E-state index is 12.2. The normalized spacial score (nSPS) is 10.8. The van der Waals surface area contributed by atoms with Crippen LogP contribution in [0.15, 0.2) is 42.7 Å². The van der Waals surface area contributed by atoms with E-state index in [9.17, 15) is 4.79 Å². The Morgan fingerprint density at radius 2 is 2.14 bits per heavy atom. The highest BCUT2D eigenvalue weighted by Gasteiger charge is 2.18. The maximum atomic E-state index is 12.2. The fraction of sp³-hybridized carbons (Fsp3) is 0.188. The Morgan fingerprint density at radius 3 is 2.95 bits per heavy atom. The van der Waals surface area contributed by atoms with E-state index >= 15 is 0 Å². The number of halogens is 1. The van der Waals surface area contributed by atoms with E-state index in [1.54, 1.807) is 0 Å². The number of fused-ring (bicyclic) bond motifs is 1. The Hall–Kier alpha value is -2.40. The predicted molar refractivity (Wildman–Crippen MR) is 84.4 cm³/mol. The molecule has 0 bridgehead atoms. The van der Waals surface area contributed by atoms with E-state index in [0.717, 1.165) is 17.3 Å². The minimum atomic E-state index is -0.453. The topological polar surface area (TPSA) is 57.0 Å². The minimum absolute atomic E-state index is 0.0832. The number of para-hydroxylation sites is 1. The van der Waals surface area contributed by atoms with Crippen LogP contribution in [-0.4, -0.2) is 27.1 Å². The molecule has 2 heterocycles. The fourth-order valence-electron chi connectivity index (χ4n) is 2.22. The molecule has 3 rings (SSSR count). The number of esters is 1. The van der Waals surface area contributed by atoms with E-state index < -0.39 is 5.97 Å². The number of carbonyl (C=O) groups is 1. The molecule has 0 amide bonds. The number of benzene rings is 1. The van der Waals surface area contributed by atoms with Crippen molar-refractivity contribution in [3.8, 4) is 5.82 Å². The lowest BCUT2D eigenvalue weighted by Crippen LogP contribution is -2.12. The molecule has 22 heavy (non-hydrogen) atoms. The third-order valence-electron chi connectivity index (χ3n) is 3.22. The first-order valence-corrected chi connectivity index (χ1v) is 7.34. The van der Waals surface area contributed by atoms with Gasteiger partial charge >= 0.3 is 5.97 Å². The van der Waals surface area contributed by atoms with Crippen molar-refractivity contribution < 1.29 is 9.53 Å². The quantitative estimate of drug-likeness (QED) is 0.545. The van der Waals surface area contributed by atoms with Crippen LogP contribution in [0.25, 0.3) is 16.7 Å². The number of aromatic nitrogens is 3. The Labute approximate surface area is 132 Å². The van der Waals surface area contributed by atoms with Gasteiger partial charge in [0, 0.05) is 12.4 Å². The zero-order chi connectivity index (χ0) is 15.5. The van der Waals surface area contributed by atoms with E-state index in [4.69, 9.17) is 16.3 Å². The number of hydrogen-bond acceptors (Lipinski definition) is 4. The average Bonchev–Trinajstić information content (AvgIpc) is 2.96. The van der Waals surface area contributed by atoms with Crippen LogP contribution in [0.3, 0.4) is 0 Å². The summed E-state index contributed by atoms with van der Waals surface area (Å²) in [5.74, 6) is -0.0337. The predicted octanol–water partition coefficient (Wildman–Crippen LogP) is 3.64. The van der Waals surface area contributed by atoms with E-state index in [1.165, 1.54) is 6.20 Å². The van der Waals surface area contributed by atoms with Crippen LogP contribution in [0.2, 0.25) is 5.28 Å². The monoisotopic (exact) mass is 315 g/mol. The molecule has 2 aromatic heterocycles. The summed E-state index contributed by atoms with van der Waals surface area (Å²) in [7, 11) is 0. The highest BCUT2D eigenvalue weighted by molar-refractivity contribution is 6.28. The molecule has 0 N–H and O–H groups in total. The number of ether oxygens (including phenoxy) is 1. The first-order valence-electron chi connectivity index (χ1n) is 6.97. The molecule has 0 spiro atoms. The zero-order valence-corrected chi connectivity index (χ0v) is 12.7. The lowest BCUT2D eigenvalue weighted by atomic mass is 10.2. The lowest BCUT2D eigenvalue weighted by molar-refractivity contribution is 0.0504. The molecule has 0 atom stereocenters. The van der Waals surface area contributed by atoms with Crippen molar-refractivity contribution in [3.63, 3.8) is 0 Å². The summed E-state index contributed by atoms with van der Waals surface area (Å²) in [6.07, 6.45) is 4.00. The van der Waals surface area contributed by atoms with Gasteiger partial charge in [-0.05, 0) is 35.5 Å². The van der Waals surface area contributed by atoms with E-state index in [2.05, 4.69) is 9.97 Å². The first-order chi connectivity index (χ1) is 10.7. The van der Waals surface area contributed by atoms with Gasteiger partial charge in [-0.2, -0.15) is 4.98 Å². The second-order valence-electron chi connectivity index (χ2n) is 4.76. The third kappa shape index (κ3) is 2.67. The second kappa shape index (κ2) is 6.15. The molecular formula is C16H14ClN3O2. The summed E-state index contributed by atoms with van der Waals surface area (Å²) < 4.78 is 7.00. The maximum Gasteiger partial charge on any atom is 0.343 e. The molecule has 112 valence electrons. The molecular weight excluding hydrogens is 302 g/mol. The van der Waals surface area contributed by atoms with E-state index in [0.29, 0.717) is 18.0 Å². The first kappa shape index (κ1) is 14.5. The van der Waals surface area contributed by atoms with E-state index in [1.807, 2.05) is 48.0 Å². The van der Waals surface area contributed by atoms with Crippen molar-refractivity contribution in [1.82, 2.24) is 14.5 Å². The SMILES string of the molecule is CCCOC(=O)c1cnc(Cl)nc1-n1ccc2ccccc21. The Balaban J connectivity index is 2.13. The largest absolute Gasteiger partial charge is 0.462 e. The smallest absolute Gasteiger partial charge is 0.343 e. The van der Waals surface area contributed by atoms with Crippen molar-refractivity contribution >= 4 is 28.5 Å². The van der Waals surface area contributed by atoms with Crippen LogP contribution >= 0.6 is 11.6 Å². The van der Waals surface area contributed by atoms with Crippen LogP contribution in [0.4, 0.5) is 0 Å². The van der Waals surface area contributed by atoms with Gasteiger partial charge in [0.1, 0.15) is 5.56 Å². The zero-order valence-electron chi connectivity index (χ0n) is 12.0. The number of nitrogens with zero attached hydrogens (tertiary/aromatic N) is 3. The van der Waals surface area contributed by atoms with E-state index in [-0.39, 0.29) is 5.28 Å². The molecule has 0 aliphatic heterocycles. The summed E-state index contributed by atoms with van der Waals surface area (Å²) in [5.41, 5.74) is 1.22. The molecule has 0 saturated heterocycles. The lowest BCUT2D eigenvalue weighted by Gasteiger charge is -2.10. The van der Waals surface area contributed by atoms with Gasteiger partial charge in [-0.3, -0.25) is 0 Å². The summed E-state index contributed by atoms with van der Waals surface area (Å²) >= 11 is 5.91. The number of hydrogen-bond donors (Lipinski definition) is 0. The van der Waals surface area contributed by atoms with Gasteiger partial charge in [0.05, 0.1) is 12.1 Å². The van der Waals surface area contributed by atoms with Crippen LogP contribution < -0.4 is 0 Å². The molecule has 6 heteroatoms. The summed E-state index contributed by atoms with van der Waals surface area (Å²) in [5, 5.41) is 1.13. The molecule has 0 saturated carbocycles. The molecule has 0 aliphatic rings. The minimum Gasteiger partial charge on any atom is -0.462 e. The summed E-state index contributed by atoms with van der Waals surface area (Å²) in [6.45, 7) is 2.29. The standard InChI is InChI=1S/C16H14ClN3O2/c1-2-9-22-15(21)12-10-18-16(17)19-14(12)20-8-7-11-5-3-4-6-13(11)20/h3-8,10H,2,9H2,1H3. The second-order valence-corrected chi connectivity index (χ2v) is 5.09. The summed E-state index contributed by atoms with van der Waals surface area (Å²) in [4.78, 5) is 20.3. The van der Waals surface area contributed by atoms with Crippen LogP contribution in [-0.2, 0) is 4.74 Å². The van der Waals surface area contributed by atoms with Gasteiger partial charge in [-0.15, -0.1) is 0 Å². The Morgan fingerprint density at radius 1 is 1.32 bits per heavy atom.